The molecule has 160 valence electrons. The van der Waals surface area contributed by atoms with Crippen molar-refractivity contribution < 1.29 is 9.53 Å². The molecule has 30 heavy (non-hydrogen) atoms. The maximum atomic E-state index is 12.2. The SMILES string of the molecule is N=C(C(=O)NCCCN1CCC(Oc2ccc(Cl)c(Cl)c2)CC1)c1ccccc1N. The number of piperidine rings is 1. The number of nitrogens with one attached hydrogen (secondary N) is 2. The molecule has 4 N–H and O–H groups in total. The molecule has 1 saturated heterocycles. The molecule has 1 fully saturated rings. The van der Waals surface area contributed by atoms with Gasteiger partial charge in [0.25, 0.3) is 5.91 Å². The first-order valence-corrected chi connectivity index (χ1v) is 10.8. The van der Waals surface area contributed by atoms with Gasteiger partial charge in [-0.1, -0.05) is 41.4 Å². The van der Waals surface area contributed by atoms with Crippen LogP contribution in [0.1, 0.15) is 24.8 Å². The fourth-order valence-corrected chi connectivity index (χ4v) is 3.72. The molecular weight excluding hydrogens is 423 g/mol. The van der Waals surface area contributed by atoms with Crippen molar-refractivity contribution in [2.45, 2.75) is 25.4 Å². The van der Waals surface area contributed by atoms with Gasteiger partial charge in [-0.15, -0.1) is 0 Å². The second-order valence-electron chi connectivity index (χ2n) is 7.31. The smallest absolute Gasteiger partial charge is 0.269 e. The Hall–Kier alpha value is -2.28. The van der Waals surface area contributed by atoms with Crippen molar-refractivity contribution in [3.8, 4) is 5.75 Å². The number of ether oxygens (including phenoxy) is 1. The van der Waals surface area contributed by atoms with Crippen LogP contribution in [0.15, 0.2) is 42.5 Å². The highest BCUT2D eigenvalue weighted by Gasteiger charge is 2.20. The largest absolute Gasteiger partial charge is 0.490 e. The lowest BCUT2D eigenvalue weighted by molar-refractivity contribution is -0.114. The van der Waals surface area contributed by atoms with E-state index in [4.69, 9.17) is 39.1 Å². The molecule has 1 aliphatic rings. The van der Waals surface area contributed by atoms with E-state index in [0.29, 0.717) is 27.8 Å². The molecule has 6 nitrogen and oxygen atoms in total. The zero-order valence-corrected chi connectivity index (χ0v) is 18.2. The molecule has 2 aromatic rings. The third kappa shape index (κ3) is 6.11. The van der Waals surface area contributed by atoms with Crippen molar-refractivity contribution in [1.82, 2.24) is 10.2 Å². The number of hydrogen-bond donors (Lipinski definition) is 3. The topological polar surface area (TPSA) is 91.4 Å². The third-order valence-electron chi connectivity index (χ3n) is 5.12. The Bertz CT molecular complexity index is 898. The van der Waals surface area contributed by atoms with Crippen LogP contribution in [0.2, 0.25) is 10.0 Å². The maximum Gasteiger partial charge on any atom is 0.269 e. The number of carbonyl (C=O) groups excluding carboxylic acids is 1. The van der Waals surface area contributed by atoms with Gasteiger partial charge in [0.05, 0.1) is 10.0 Å². The van der Waals surface area contributed by atoms with E-state index in [2.05, 4.69) is 10.2 Å². The quantitative estimate of drug-likeness (QED) is 0.323. The number of rotatable bonds is 8. The lowest BCUT2D eigenvalue weighted by atomic mass is 10.1. The molecule has 0 bridgehead atoms. The van der Waals surface area contributed by atoms with Crippen LogP contribution in [0.5, 0.6) is 5.75 Å². The van der Waals surface area contributed by atoms with Crippen LogP contribution in [0.4, 0.5) is 5.69 Å². The molecule has 0 aromatic heterocycles. The van der Waals surface area contributed by atoms with Crippen molar-refractivity contribution in [2.75, 3.05) is 31.9 Å². The van der Waals surface area contributed by atoms with Crippen molar-refractivity contribution in [1.29, 1.82) is 5.41 Å². The summed E-state index contributed by atoms with van der Waals surface area (Å²) in [5, 5.41) is 11.8. The average Bonchev–Trinajstić information content (AvgIpc) is 2.74. The molecule has 0 radical (unpaired) electrons. The van der Waals surface area contributed by atoms with Gasteiger partial charge in [-0.05, 0) is 44.0 Å². The monoisotopic (exact) mass is 448 g/mol. The van der Waals surface area contributed by atoms with E-state index < -0.39 is 5.91 Å². The van der Waals surface area contributed by atoms with E-state index >= 15 is 0 Å². The zero-order chi connectivity index (χ0) is 21.5. The lowest BCUT2D eigenvalue weighted by Crippen LogP contribution is -2.40. The van der Waals surface area contributed by atoms with E-state index in [1.54, 1.807) is 36.4 Å². The second kappa shape index (κ2) is 10.7. The number of nitrogens with two attached hydrogens (primary N) is 1. The Kier molecular flexibility index (Phi) is 7.96. The van der Waals surface area contributed by atoms with Crippen LogP contribution >= 0.6 is 23.2 Å². The van der Waals surface area contributed by atoms with Gasteiger partial charge < -0.3 is 20.7 Å². The van der Waals surface area contributed by atoms with Gasteiger partial charge in [0.15, 0.2) is 0 Å². The summed E-state index contributed by atoms with van der Waals surface area (Å²) >= 11 is 12.0. The number of likely N-dealkylation sites (tertiary alicyclic amines) is 1. The van der Waals surface area contributed by atoms with Crippen LogP contribution in [0, 0.1) is 5.41 Å². The first-order chi connectivity index (χ1) is 14.4. The molecule has 1 heterocycles. The Morgan fingerprint density at radius 2 is 1.90 bits per heavy atom. The molecule has 0 aliphatic carbocycles. The normalized spacial score (nSPS) is 15.0. The number of benzene rings is 2. The number of halogens is 2. The predicted molar refractivity (Wildman–Crippen MR) is 122 cm³/mol. The summed E-state index contributed by atoms with van der Waals surface area (Å²) in [6.07, 6.45) is 2.85. The number of nitrogen functional groups attached to an aromatic ring is 1. The molecule has 0 unspecified atom stereocenters. The van der Waals surface area contributed by atoms with E-state index in [1.165, 1.54) is 0 Å². The standard InChI is InChI=1S/C22H26Cl2N4O2/c23-18-7-6-16(14-19(18)24)30-15-8-12-28(13-9-15)11-3-10-27-22(29)21(26)17-4-1-2-5-20(17)25/h1-2,4-7,14-15,26H,3,8-13,25H2,(H,27,29). The number of hydrogen-bond acceptors (Lipinski definition) is 5. The van der Waals surface area contributed by atoms with Gasteiger partial charge in [0.1, 0.15) is 17.6 Å². The Balaban J connectivity index is 1.34. The highest BCUT2D eigenvalue weighted by atomic mass is 35.5. The molecule has 1 amide bonds. The van der Waals surface area contributed by atoms with Gasteiger partial charge in [-0.25, -0.2) is 0 Å². The maximum absolute atomic E-state index is 12.2. The van der Waals surface area contributed by atoms with Gasteiger partial charge >= 0.3 is 0 Å². The second-order valence-corrected chi connectivity index (χ2v) is 8.12. The van der Waals surface area contributed by atoms with Gasteiger partial charge in [0, 0.05) is 37.0 Å². The zero-order valence-electron chi connectivity index (χ0n) is 16.7. The van der Waals surface area contributed by atoms with Crippen molar-refractivity contribution >= 4 is 40.5 Å². The molecule has 0 saturated carbocycles. The molecule has 2 aromatic carbocycles. The van der Waals surface area contributed by atoms with Crippen LogP contribution in [-0.2, 0) is 4.79 Å². The summed E-state index contributed by atoms with van der Waals surface area (Å²) in [7, 11) is 0. The summed E-state index contributed by atoms with van der Waals surface area (Å²) in [4.78, 5) is 14.5. The fourth-order valence-electron chi connectivity index (χ4n) is 3.43. The van der Waals surface area contributed by atoms with E-state index in [-0.39, 0.29) is 11.8 Å². The number of carbonyl (C=O) groups is 1. The Morgan fingerprint density at radius 3 is 2.60 bits per heavy atom. The summed E-state index contributed by atoms with van der Waals surface area (Å²) < 4.78 is 6.01. The minimum atomic E-state index is -0.401. The molecule has 8 heteroatoms. The van der Waals surface area contributed by atoms with Gasteiger partial charge in [-0.2, -0.15) is 0 Å². The number of amides is 1. The number of para-hydroxylation sites is 1. The first-order valence-electron chi connectivity index (χ1n) is 9.99. The molecule has 0 spiro atoms. The summed E-state index contributed by atoms with van der Waals surface area (Å²) in [5.74, 6) is 0.341. The summed E-state index contributed by atoms with van der Waals surface area (Å²) in [6.45, 7) is 3.29. The Morgan fingerprint density at radius 1 is 1.17 bits per heavy atom. The summed E-state index contributed by atoms with van der Waals surface area (Å²) in [5.41, 5.74) is 6.62. The molecular formula is C22H26Cl2N4O2. The van der Waals surface area contributed by atoms with Gasteiger partial charge in [-0.3, -0.25) is 10.2 Å². The van der Waals surface area contributed by atoms with Crippen LogP contribution in [0.25, 0.3) is 0 Å². The number of nitrogens with zero attached hydrogens (tertiary/aromatic N) is 1. The van der Waals surface area contributed by atoms with Crippen molar-refractivity contribution in [2.24, 2.45) is 0 Å². The third-order valence-corrected chi connectivity index (χ3v) is 5.86. The minimum Gasteiger partial charge on any atom is -0.490 e. The highest BCUT2D eigenvalue weighted by Crippen LogP contribution is 2.28. The lowest BCUT2D eigenvalue weighted by Gasteiger charge is -2.32. The van der Waals surface area contributed by atoms with Crippen LogP contribution < -0.4 is 15.8 Å². The van der Waals surface area contributed by atoms with Crippen molar-refractivity contribution in [3.05, 3.63) is 58.1 Å². The van der Waals surface area contributed by atoms with Crippen LogP contribution in [-0.4, -0.2) is 48.8 Å². The Labute approximate surface area is 186 Å². The van der Waals surface area contributed by atoms with Crippen molar-refractivity contribution in [3.63, 3.8) is 0 Å². The highest BCUT2D eigenvalue weighted by molar-refractivity contribution is 6.45. The number of anilines is 1. The average molecular weight is 449 g/mol. The summed E-state index contributed by atoms with van der Waals surface area (Å²) in [6, 6.07) is 12.2. The van der Waals surface area contributed by atoms with E-state index in [1.807, 2.05) is 6.07 Å². The first kappa shape index (κ1) is 22.4. The van der Waals surface area contributed by atoms with E-state index in [0.717, 1.165) is 44.6 Å². The fraction of sp³-hybridized carbons (Fsp3) is 0.364. The van der Waals surface area contributed by atoms with Crippen LogP contribution in [0.3, 0.4) is 0 Å². The minimum absolute atomic E-state index is 0.103. The molecule has 1 aliphatic heterocycles. The predicted octanol–water partition coefficient (Wildman–Crippen LogP) is 3.99. The molecule has 3 rings (SSSR count). The molecule has 0 atom stereocenters. The van der Waals surface area contributed by atoms with Gasteiger partial charge in [0.2, 0.25) is 0 Å². The van der Waals surface area contributed by atoms with E-state index in [9.17, 15) is 4.79 Å².